The average molecular weight is 708 g/mol. The topological polar surface area (TPSA) is 155 Å². The molecule has 0 aromatic heterocycles. The van der Waals surface area contributed by atoms with Gasteiger partial charge in [-0.2, -0.15) is 17.2 Å². The number of allylic oxidation sites excluding steroid dienone is 3. The summed E-state index contributed by atoms with van der Waals surface area (Å²) in [5, 5.41) is 11.6. The Labute approximate surface area is 291 Å². The quantitative estimate of drug-likeness (QED) is 0.0947. The van der Waals surface area contributed by atoms with Gasteiger partial charge in [0.15, 0.2) is 18.4 Å². The van der Waals surface area contributed by atoms with Crippen LogP contribution >= 0.6 is 33.3 Å². The molecule has 6 unspecified atom stereocenters. The summed E-state index contributed by atoms with van der Waals surface area (Å²) in [6.45, 7) is 9.76. The summed E-state index contributed by atoms with van der Waals surface area (Å²) in [5.41, 5.74) is 16.3. The highest BCUT2D eigenvalue weighted by atomic mass is 33.1. The number of nitrogens with two attached hydrogens (primary N) is 2. The molecule has 1 amide bonds. The number of ketones is 1. The Morgan fingerprint density at radius 3 is 2.57 bits per heavy atom. The molecule has 9 atom stereocenters. The predicted octanol–water partition coefficient (Wildman–Crippen LogP) is 3.99. The number of rotatable bonds is 13. The van der Waals surface area contributed by atoms with Crippen molar-refractivity contribution in [3.63, 3.8) is 0 Å². The van der Waals surface area contributed by atoms with Gasteiger partial charge >= 0.3 is 0 Å². The fourth-order valence-corrected chi connectivity index (χ4v) is 8.96. The van der Waals surface area contributed by atoms with Crippen LogP contribution in [0.15, 0.2) is 35.1 Å². The summed E-state index contributed by atoms with van der Waals surface area (Å²) >= 11 is 1.79. The van der Waals surface area contributed by atoms with Crippen LogP contribution in [0, 0.1) is 30.1 Å². The summed E-state index contributed by atoms with van der Waals surface area (Å²) in [4.78, 5) is 30.3. The maximum Gasteiger partial charge on any atom is 0.218 e. The number of amides is 1. The number of nitrogens with one attached hydrogen (secondary N) is 1. The molecule has 2 heterocycles. The second-order valence-corrected chi connectivity index (χ2v) is 16.7. The molecule has 3 aliphatic rings. The maximum atomic E-state index is 13.0. The number of aliphatic hydroxyl groups is 1. The van der Waals surface area contributed by atoms with Crippen molar-refractivity contribution in [1.82, 2.24) is 5.48 Å². The minimum absolute atomic E-state index is 0.0582. The highest BCUT2D eigenvalue weighted by Crippen LogP contribution is 2.40. The Morgan fingerprint density at radius 2 is 1.94 bits per heavy atom. The number of thioether (sulfide) groups is 1. The van der Waals surface area contributed by atoms with Crippen molar-refractivity contribution in [1.29, 1.82) is 0 Å². The van der Waals surface area contributed by atoms with Gasteiger partial charge in [-0.15, -0.1) is 6.42 Å². The van der Waals surface area contributed by atoms with Crippen molar-refractivity contribution in [3.8, 4) is 24.2 Å². The number of hydrogen-bond acceptors (Lipinski definition) is 12. The Morgan fingerprint density at radius 1 is 1.21 bits per heavy atom. The third-order valence-corrected chi connectivity index (χ3v) is 12.5. The second-order valence-electron chi connectivity index (χ2n) is 12.5. The Kier molecular flexibility index (Phi) is 15.8. The van der Waals surface area contributed by atoms with Crippen LogP contribution in [-0.4, -0.2) is 81.8 Å². The zero-order valence-corrected chi connectivity index (χ0v) is 30.5. The van der Waals surface area contributed by atoms with Crippen molar-refractivity contribution in [2.24, 2.45) is 17.4 Å². The number of hydroxylamine groups is 1. The minimum atomic E-state index is -0.939. The third kappa shape index (κ3) is 11.9. The van der Waals surface area contributed by atoms with Crippen LogP contribution in [0.25, 0.3) is 0 Å². The molecule has 2 fully saturated rings. The molecule has 10 nitrogen and oxygen atoms in total. The van der Waals surface area contributed by atoms with Crippen LogP contribution in [0.3, 0.4) is 0 Å². The monoisotopic (exact) mass is 707 g/mol. The Bertz CT molecular complexity index is 1290. The van der Waals surface area contributed by atoms with E-state index in [-0.39, 0.29) is 53.4 Å². The summed E-state index contributed by atoms with van der Waals surface area (Å²) in [6.07, 6.45) is 11.3. The lowest BCUT2D eigenvalue weighted by atomic mass is 9.80. The number of hydrogen-bond donors (Lipinski definition) is 4. The molecular weight excluding hydrogens is 659 g/mol. The van der Waals surface area contributed by atoms with Crippen LogP contribution in [0.5, 0.6) is 0 Å². The van der Waals surface area contributed by atoms with E-state index >= 15 is 0 Å². The summed E-state index contributed by atoms with van der Waals surface area (Å²) in [6, 6.07) is -0.528. The van der Waals surface area contributed by atoms with E-state index in [0.29, 0.717) is 16.6 Å². The van der Waals surface area contributed by atoms with Gasteiger partial charge in [0.25, 0.3) is 0 Å². The molecule has 2 aliphatic heterocycles. The van der Waals surface area contributed by atoms with Crippen LogP contribution in [-0.2, 0) is 28.6 Å². The first-order chi connectivity index (χ1) is 22.3. The van der Waals surface area contributed by atoms with Gasteiger partial charge in [-0.3, -0.25) is 14.4 Å². The van der Waals surface area contributed by atoms with Gasteiger partial charge in [0.1, 0.15) is 6.10 Å². The van der Waals surface area contributed by atoms with Gasteiger partial charge in [-0.25, -0.2) is 0 Å². The minimum Gasteiger partial charge on any atom is -0.396 e. The largest absolute Gasteiger partial charge is 0.396 e. The van der Waals surface area contributed by atoms with Gasteiger partial charge in [0.05, 0.1) is 30.1 Å². The van der Waals surface area contributed by atoms with E-state index < -0.39 is 36.9 Å². The number of Topliss-reactive ketones (excluding diaryl/α,β-unsaturated/α-hetero) is 1. The lowest BCUT2D eigenvalue weighted by Crippen LogP contribution is -2.56. The first kappa shape index (κ1) is 39.5. The molecule has 0 radical (unpaired) electrons. The first-order valence-corrected chi connectivity index (χ1v) is 19.4. The van der Waals surface area contributed by atoms with E-state index in [4.69, 9.17) is 36.9 Å². The molecule has 47 heavy (non-hydrogen) atoms. The standard InChI is InChI=1S/C34H49N3O7S3/c1-8-9-10-11-12-26(31-23(20(2)17-24(38)32(31)36)15-16-46-47-34(5,6)19-28(35)40)43-30-18-25(39)33(22(4)42-30)37-44-29-14-13-27(45-7)21(3)41-29/h1,9-10,15,20-22,25-27,29-30,33,37,39H,13-14,16-19,36H2,2-7H3,(H2,35,40)/b10-9-,23-15-/t20?,21?,22?,25?,26-,27-,29?,30?,33+/m0/s1. The van der Waals surface area contributed by atoms with Gasteiger partial charge < -0.3 is 30.8 Å². The molecule has 0 saturated carbocycles. The molecule has 1 aliphatic carbocycles. The lowest BCUT2D eigenvalue weighted by Gasteiger charge is -2.40. The summed E-state index contributed by atoms with van der Waals surface area (Å²) < 4.78 is 18.3. The number of primary amides is 1. The van der Waals surface area contributed by atoms with E-state index in [2.05, 4.69) is 29.5 Å². The molecule has 0 bridgehead atoms. The van der Waals surface area contributed by atoms with Gasteiger partial charge in [0, 0.05) is 47.0 Å². The maximum absolute atomic E-state index is 13.0. The fourth-order valence-electron chi connectivity index (χ4n) is 5.76. The van der Waals surface area contributed by atoms with Crippen molar-refractivity contribution in [2.45, 2.75) is 120 Å². The van der Waals surface area contributed by atoms with E-state index in [1.807, 2.05) is 40.7 Å². The van der Waals surface area contributed by atoms with Crippen molar-refractivity contribution in [2.75, 3.05) is 12.0 Å². The number of aliphatic hydroxyl groups excluding tert-OH is 1. The van der Waals surface area contributed by atoms with E-state index in [0.717, 1.165) is 18.4 Å². The van der Waals surface area contributed by atoms with Crippen LogP contribution in [0.4, 0.5) is 0 Å². The molecule has 0 aromatic carbocycles. The number of terminal acetylenes is 1. The van der Waals surface area contributed by atoms with Crippen molar-refractivity contribution in [3.05, 3.63) is 35.1 Å². The van der Waals surface area contributed by atoms with E-state index in [9.17, 15) is 14.7 Å². The second kappa shape index (κ2) is 18.7. The first-order valence-electron chi connectivity index (χ1n) is 15.8. The Hall–Kier alpha value is -1.91. The van der Waals surface area contributed by atoms with E-state index in [1.165, 1.54) is 12.2 Å². The molecule has 13 heteroatoms. The smallest absolute Gasteiger partial charge is 0.218 e. The summed E-state index contributed by atoms with van der Waals surface area (Å²) in [5.74, 6) is 8.27. The van der Waals surface area contributed by atoms with Gasteiger partial charge in [-0.1, -0.05) is 52.3 Å². The normalized spacial score (nSPS) is 31.8. The number of carbonyl (C=O) groups excluding carboxylic acids is 2. The fraction of sp³-hybridized carbons (Fsp3) is 0.647. The molecule has 260 valence electrons. The molecule has 3 rings (SSSR count). The van der Waals surface area contributed by atoms with Gasteiger partial charge in [0.2, 0.25) is 5.91 Å². The zero-order valence-electron chi connectivity index (χ0n) is 28.0. The molecule has 0 spiro atoms. The van der Waals surface area contributed by atoms with Crippen LogP contribution < -0.4 is 16.9 Å². The van der Waals surface area contributed by atoms with Gasteiger partial charge in [-0.05, 0) is 64.0 Å². The number of ether oxygens (including phenoxy) is 3. The number of carbonyl (C=O) groups is 2. The van der Waals surface area contributed by atoms with Crippen LogP contribution in [0.2, 0.25) is 0 Å². The van der Waals surface area contributed by atoms with E-state index in [1.54, 1.807) is 33.3 Å². The predicted molar refractivity (Wildman–Crippen MR) is 190 cm³/mol. The molecule has 6 N–H and O–H groups in total. The SMILES string of the molecule is C#C/C=C\C#C[C@H](OC1CC(O)[C@H](NOC2CC[C@H](SC)C(C)O2)C(C)O1)C1=C(N)C(=O)CC(C)/C1=C/CSSC(C)(C)CC(N)=O. The molecule has 2 saturated heterocycles. The molecule has 0 aromatic rings. The molecular formula is C34H49N3O7S3. The zero-order chi connectivity index (χ0) is 34.7. The lowest BCUT2D eigenvalue weighted by molar-refractivity contribution is -0.266. The average Bonchev–Trinajstić information content (AvgIpc) is 2.98. The van der Waals surface area contributed by atoms with Crippen LogP contribution in [0.1, 0.15) is 66.7 Å². The third-order valence-electron chi connectivity index (χ3n) is 8.14. The highest BCUT2D eigenvalue weighted by Gasteiger charge is 2.40. The Balaban J connectivity index is 1.76. The van der Waals surface area contributed by atoms with Crippen molar-refractivity contribution < 1.29 is 33.7 Å². The highest BCUT2D eigenvalue weighted by molar-refractivity contribution is 8.77. The summed E-state index contributed by atoms with van der Waals surface area (Å²) in [7, 11) is 3.15. The van der Waals surface area contributed by atoms with Crippen molar-refractivity contribution >= 4 is 45.0 Å².